The lowest BCUT2D eigenvalue weighted by Gasteiger charge is -2.10. The molecular formula is C34H22N2. The fourth-order valence-electron chi connectivity index (χ4n) is 5.96. The topological polar surface area (TPSA) is 9.86 Å². The van der Waals surface area contributed by atoms with Crippen molar-refractivity contribution in [3.63, 3.8) is 0 Å². The van der Waals surface area contributed by atoms with E-state index >= 15 is 0 Å². The Morgan fingerprint density at radius 1 is 0.333 bits per heavy atom. The zero-order chi connectivity index (χ0) is 23.6. The highest BCUT2D eigenvalue weighted by molar-refractivity contribution is 6.25. The molecule has 0 saturated carbocycles. The summed E-state index contributed by atoms with van der Waals surface area (Å²) < 4.78 is 4.82. The second kappa shape index (κ2) is 7.34. The molecule has 2 nitrogen and oxygen atoms in total. The largest absolute Gasteiger partial charge is 0.309 e. The van der Waals surface area contributed by atoms with Crippen molar-refractivity contribution in [3.8, 4) is 11.4 Å². The molecule has 0 atom stereocenters. The molecule has 8 aromatic rings. The van der Waals surface area contributed by atoms with E-state index in [2.05, 4.69) is 143 Å². The molecule has 0 fully saturated rings. The van der Waals surface area contributed by atoms with Crippen LogP contribution in [0.4, 0.5) is 0 Å². The van der Waals surface area contributed by atoms with Gasteiger partial charge in [-0.25, -0.2) is 0 Å². The lowest BCUT2D eigenvalue weighted by Crippen LogP contribution is -1.95. The van der Waals surface area contributed by atoms with Gasteiger partial charge in [0.1, 0.15) is 0 Å². The van der Waals surface area contributed by atoms with Crippen molar-refractivity contribution < 1.29 is 0 Å². The van der Waals surface area contributed by atoms with Crippen LogP contribution in [0, 0.1) is 0 Å². The van der Waals surface area contributed by atoms with E-state index in [1.165, 1.54) is 65.8 Å². The summed E-state index contributed by atoms with van der Waals surface area (Å²) in [6, 6.07) is 48.2. The van der Waals surface area contributed by atoms with Crippen molar-refractivity contribution >= 4 is 54.4 Å². The Balaban J connectivity index is 1.64. The number of aromatic nitrogens is 2. The number of nitrogens with zero attached hydrogens (tertiary/aromatic N) is 2. The van der Waals surface area contributed by atoms with Gasteiger partial charge in [0.15, 0.2) is 0 Å². The van der Waals surface area contributed by atoms with E-state index in [1.807, 2.05) is 0 Å². The third kappa shape index (κ3) is 2.61. The van der Waals surface area contributed by atoms with E-state index in [1.54, 1.807) is 0 Å². The average Bonchev–Trinajstić information content (AvgIpc) is 3.45. The molecule has 0 radical (unpaired) electrons. The third-order valence-corrected chi connectivity index (χ3v) is 7.48. The normalized spacial score (nSPS) is 11.9. The van der Waals surface area contributed by atoms with Crippen molar-refractivity contribution in [2.24, 2.45) is 0 Å². The van der Waals surface area contributed by atoms with Gasteiger partial charge in [-0.2, -0.15) is 0 Å². The van der Waals surface area contributed by atoms with Crippen LogP contribution < -0.4 is 0 Å². The number of rotatable bonds is 2. The van der Waals surface area contributed by atoms with Gasteiger partial charge in [-0.3, -0.25) is 0 Å². The molecular weight excluding hydrogens is 436 g/mol. The molecule has 2 heterocycles. The van der Waals surface area contributed by atoms with Crippen LogP contribution in [0.2, 0.25) is 0 Å². The molecule has 0 aliphatic rings. The monoisotopic (exact) mass is 458 g/mol. The lowest BCUT2D eigenvalue weighted by molar-refractivity contribution is 1.16. The second-order valence-electron chi connectivity index (χ2n) is 9.43. The van der Waals surface area contributed by atoms with Crippen LogP contribution in [0.25, 0.3) is 65.8 Å². The van der Waals surface area contributed by atoms with Crippen molar-refractivity contribution in [1.29, 1.82) is 0 Å². The Hall–Kier alpha value is -4.82. The highest BCUT2D eigenvalue weighted by Crippen LogP contribution is 2.41. The summed E-state index contributed by atoms with van der Waals surface area (Å²) in [6.45, 7) is 0. The highest BCUT2D eigenvalue weighted by atomic mass is 15.0. The predicted molar refractivity (Wildman–Crippen MR) is 153 cm³/mol. The SMILES string of the molecule is c1ccc(-n2c3ccccc3c3cc4c5c6ccccc6ccc5n(-c5ccccc5)c4cc32)cc1. The van der Waals surface area contributed by atoms with E-state index in [0.717, 1.165) is 0 Å². The summed E-state index contributed by atoms with van der Waals surface area (Å²) in [6.07, 6.45) is 0. The maximum atomic E-state index is 2.42. The van der Waals surface area contributed by atoms with Gasteiger partial charge in [-0.05, 0) is 59.3 Å². The van der Waals surface area contributed by atoms with Gasteiger partial charge >= 0.3 is 0 Å². The summed E-state index contributed by atoms with van der Waals surface area (Å²) >= 11 is 0. The summed E-state index contributed by atoms with van der Waals surface area (Å²) in [5.74, 6) is 0. The lowest BCUT2D eigenvalue weighted by atomic mass is 10.0. The molecule has 0 aliphatic heterocycles. The first-order valence-electron chi connectivity index (χ1n) is 12.4. The van der Waals surface area contributed by atoms with Gasteiger partial charge in [0.25, 0.3) is 0 Å². The van der Waals surface area contributed by atoms with Crippen LogP contribution in [-0.4, -0.2) is 9.13 Å². The summed E-state index contributed by atoms with van der Waals surface area (Å²) in [7, 11) is 0. The molecule has 2 aromatic heterocycles. The minimum absolute atomic E-state index is 1.18. The molecule has 0 spiro atoms. The fourth-order valence-corrected chi connectivity index (χ4v) is 5.96. The van der Waals surface area contributed by atoms with Crippen LogP contribution in [0.5, 0.6) is 0 Å². The minimum atomic E-state index is 1.18. The van der Waals surface area contributed by atoms with Gasteiger partial charge in [0.05, 0.1) is 22.1 Å². The van der Waals surface area contributed by atoms with E-state index in [-0.39, 0.29) is 0 Å². The molecule has 0 N–H and O–H groups in total. The smallest absolute Gasteiger partial charge is 0.0562 e. The Bertz CT molecular complexity index is 2080. The van der Waals surface area contributed by atoms with Crippen molar-refractivity contribution in [1.82, 2.24) is 9.13 Å². The number of fused-ring (bicyclic) bond motifs is 8. The Morgan fingerprint density at radius 2 is 0.917 bits per heavy atom. The van der Waals surface area contributed by atoms with Gasteiger partial charge < -0.3 is 9.13 Å². The van der Waals surface area contributed by atoms with Gasteiger partial charge in [0, 0.05) is 32.9 Å². The maximum absolute atomic E-state index is 2.42. The molecule has 168 valence electrons. The highest BCUT2D eigenvalue weighted by Gasteiger charge is 2.19. The van der Waals surface area contributed by atoms with Crippen molar-refractivity contribution in [2.75, 3.05) is 0 Å². The van der Waals surface area contributed by atoms with Gasteiger partial charge in [-0.1, -0.05) is 84.9 Å². The van der Waals surface area contributed by atoms with Crippen molar-refractivity contribution in [3.05, 3.63) is 133 Å². The number of para-hydroxylation sites is 3. The van der Waals surface area contributed by atoms with Crippen molar-refractivity contribution in [2.45, 2.75) is 0 Å². The number of benzene rings is 6. The molecule has 8 rings (SSSR count). The number of hydrogen-bond acceptors (Lipinski definition) is 0. The van der Waals surface area contributed by atoms with E-state index in [9.17, 15) is 0 Å². The van der Waals surface area contributed by atoms with Crippen LogP contribution in [0.1, 0.15) is 0 Å². The van der Waals surface area contributed by atoms with E-state index in [0.29, 0.717) is 0 Å². The first-order valence-corrected chi connectivity index (χ1v) is 12.4. The average molecular weight is 459 g/mol. The molecule has 0 amide bonds. The van der Waals surface area contributed by atoms with E-state index in [4.69, 9.17) is 0 Å². The summed E-state index contributed by atoms with van der Waals surface area (Å²) in [5, 5.41) is 7.71. The molecule has 0 saturated heterocycles. The number of hydrogen-bond donors (Lipinski definition) is 0. The molecule has 0 unspecified atom stereocenters. The minimum Gasteiger partial charge on any atom is -0.309 e. The van der Waals surface area contributed by atoms with Crippen LogP contribution in [-0.2, 0) is 0 Å². The molecule has 2 heteroatoms. The second-order valence-corrected chi connectivity index (χ2v) is 9.43. The predicted octanol–water partition coefficient (Wildman–Crippen LogP) is 9.03. The molecule has 0 aliphatic carbocycles. The Labute approximate surface area is 208 Å². The quantitative estimate of drug-likeness (QED) is 0.244. The first kappa shape index (κ1) is 19.5. The fraction of sp³-hybridized carbons (Fsp3) is 0. The van der Waals surface area contributed by atoms with Crippen LogP contribution >= 0.6 is 0 Å². The Kier molecular flexibility index (Phi) is 3.97. The van der Waals surface area contributed by atoms with Gasteiger partial charge in [0.2, 0.25) is 0 Å². The third-order valence-electron chi connectivity index (χ3n) is 7.48. The molecule has 36 heavy (non-hydrogen) atoms. The zero-order valence-electron chi connectivity index (χ0n) is 19.6. The summed E-state index contributed by atoms with van der Waals surface area (Å²) in [4.78, 5) is 0. The first-order chi connectivity index (χ1) is 17.9. The van der Waals surface area contributed by atoms with Gasteiger partial charge in [-0.15, -0.1) is 0 Å². The summed E-state index contributed by atoms with van der Waals surface area (Å²) in [5.41, 5.74) is 7.26. The Morgan fingerprint density at radius 3 is 1.67 bits per heavy atom. The molecule has 6 aromatic carbocycles. The standard InChI is InChI=1S/C34H22N2/c1-3-12-24(13-4-1)35-30-18-10-9-17-27(30)28-21-29-33(22-32(28)35)36(25-14-5-2-6-15-25)31-20-19-23-11-7-8-16-26(23)34(29)31/h1-22H. The maximum Gasteiger partial charge on any atom is 0.0562 e. The van der Waals surface area contributed by atoms with Crippen LogP contribution in [0.3, 0.4) is 0 Å². The van der Waals surface area contributed by atoms with E-state index < -0.39 is 0 Å². The molecule has 0 bridgehead atoms. The zero-order valence-corrected chi connectivity index (χ0v) is 19.6. The van der Waals surface area contributed by atoms with Crippen LogP contribution in [0.15, 0.2) is 133 Å².